The van der Waals surface area contributed by atoms with E-state index in [4.69, 9.17) is 0 Å². The van der Waals surface area contributed by atoms with Gasteiger partial charge >= 0.3 is 0 Å². The van der Waals surface area contributed by atoms with Crippen LogP contribution < -0.4 is 5.32 Å². The molecule has 0 aliphatic carbocycles. The lowest BCUT2D eigenvalue weighted by molar-refractivity contribution is 0.402. The van der Waals surface area contributed by atoms with E-state index in [1.807, 2.05) is 18.1 Å². The van der Waals surface area contributed by atoms with Gasteiger partial charge in [0.2, 0.25) is 0 Å². The van der Waals surface area contributed by atoms with Crippen LogP contribution in [-0.2, 0) is 0 Å². The van der Waals surface area contributed by atoms with E-state index in [-0.39, 0.29) is 0 Å². The van der Waals surface area contributed by atoms with E-state index in [0.29, 0.717) is 5.50 Å². The van der Waals surface area contributed by atoms with Crippen LogP contribution in [0.2, 0.25) is 0 Å². The fourth-order valence-electron chi connectivity index (χ4n) is 1.20. The second kappa shape index (κ2) is 2.80. The summed E-state index contributed by atoms with van der Waals surface area (Å²) in [7, 11) is 0. The van der Waals surface area contributed by atoms with Gasteiger partial charge in [-0.3, -0.25) is 10.3 Å². The van der Waals surface area contributed by atoms with Crippen molar-refractivity contribution in [1.29, 1.82) is 0 Å². The highest BCUT2D eigenvalue weighted by Crippen LogP contribution is 2.17. The number of hydrogen-bond donors (Lipinski definition) is 1. The van der Waals surface area contributed by atoms with Crippen LogP contribution in [0.15, 0.2) is 4.99 Å². The summed E-state index contributed by atoms with van der Waals surface area (Å²) in [4.78, 5) is 6.42. The predicted octanol–water partition coefficient (Wildman–Crippen LogP) is -0.0497. The highest BCUT2D eigenvalue weighted by Gasteiger charge is 2.21. The Balaban J connectivity index is 1.91. The first-order valence-electron chi connectivity index (χ1n) is 3.57. The summed E-state index contributed by atoms with van der Waals surface area (Å²) in [6, 6.07) is 0. The van der Waals surface area contributed by atoms with E-state index in [1.54, 1.807) is 0 Å². The maximum Gasteiger partial charge on any atom is 0.129 e. The van der Waals surface area contributed by atoms with Gasteiger partial charge in [0, 0.05) is 18.8 Å². The van der Waals surface area contributed by atoms with E-state index in [0.717, 1.165) is 19.6 Å². The van der Waals surface area contributed by atoms with Gasteiger partial charge < -0.3 is 4.90 Å². The fraction of sp³-hybridized carbons (Fsp3) is 0.833. The highest BCUT2D eigenvalue weighted by molar-refractivity contribution is 8.00. The number of hydrogen-bond acceptors (Lipinski definition) is 4. The van der Waals surface area contributed by atoms with E-state index in [2.05, 4.69) is 15.2 Å². The fourth-order valence-corrected chi connectivity index (χ4v) is 2.24. The van der Waals surface area contributed by atoms with Gasteiger partial charge in [0.05, 0.1) is 12.9 Å². The zero-order valence-electron chi connectivity index (χ0n) is 5.79. The molecule has 0 spiro atoms. The standard InChI is InChI=1S/C6H11N3S/c1-3-9(5-7-1)6-8-2-4-10-6/h5-6,8H,1-4H2. The van der Waals surface area contributed by atoms with E-state index in [1.165, 1.54) is 5.75 Å². The molecule has 1 N–H and O–H groups in total. The second-order valence-corrected chi connectivity index (χ2v) is 3.62. The van der Waals surface area contributed by atoms with Gasteiger partial charge in [-0.05, 0) is 0 Å². The summed E-state index contributed by atoms with van der Waals surface area (Å²) in [6.07, 6.45) is 1.95. The zero-order chi connectivity index (χ0) is 6.81. The van der Waals surface area contributed by atoms with E-state index >= 15 is 0 Å². The average Bonchev–Trinajstić information content (AvgIpc) is 2.59. The number of nitrogens with zero attached hydrogens (tertiary/aromatic N) is 2. The molecule has 10 heavy (non-hydrogen) atoms. The normalized spacial score (nSPS) is 32.0. The van der Waals surface area contributed by atoms with Crippen molar-refractivity contribution in [1.82, 2.24) is 10.2 Å². The van der Waals surface area contributed by atoms with Crippen molar-refractivity contribution in [2.24, 2.45) is 4.99 Å². The van der Waals surface area contributed by atoms with Crippen molar-refractivity contribution in [3.05, 3.63) is 0 Å². The molecule has 2 aliphatic heterocycles. The Morgan fingerprint density at radius 1 is 1.70 bits per heavy atom. The van der Waals surface area contributed by atoms with Crippen LogP contribution in [0.25, 0.3) is 0 Å². The smallest absolute Gasteiger partial charge is 0.129 e. The van der Waals surface area contributed by atoms with Gasteiger partial charge in [-0.15, -0.1) is 11.8 Å². The molecule has 2 heterocycles. The summed E-state index contributed by atoms with van der Waals surface area (Å²) in [5, 5.41) is 3.40. The molecule has 0 aromatic rings. The summed E-state index contributed by atoms with van der Waals surface area (Å²) in [5.41, 5.74) is 0.506. The van der Waals surface area contributed by atoms with Crippen LogP contribution in [0.4, 0.5) is 0 Å². The molecule has 2 rings (SSSR count). The van der Waals surface area contributed by atoms with Crippen molar-refractivity contribution in [3.8, 4) is 0 Å². The molecule has 0 radical (unpaired) electrons. The van der Waals surface area contributed by atoms with Crippen LogP contribution in [0, 0.1) is 0 Å². The Morgan fingerprint density at radius 2 is 2.70 bits per heavy atom. The third kappa shape index (κ3) is 1.13. The molecule has 56 valence electrons. The first-order valence-corrected chi connectivity index (χ1v) is 4.62. The molecule has 1 fully saturated rings. The van der Waals surface area contributed by atoms with Gasteiger partial charge in [0.1, 0.15) is 5.50 Å². The van der Waals surface area contributed by atoms with Crippen LogP contribution in [-0.4, -0.2) is 42.1 Å². The minimum Gasteiger partial charge on any atom is -0.337 e. The van der Waals surface area contributed by atoms with Crippen molar-refractivity contribution < 1.29 is 0 Å². The summed E-state index contributed by atoms with van der Waals surface area (Å²) >= 11 is 1.96. The molecule has 0 aromatic carbocycles. The maximum atomic E-state index is 4.16. The van der Waals surface area contributed by atoms with Crippen molar-refractivity contribution in [2.75, 3.05) is 25.4 Å². The molecule has 4 heteroatoms. The quantitative estimate of drug-likeness (QED) is 0.578. The monoisotopic (exact) mass is 157 g/mol. The predicted molar refractivity (Wildman–Crippen MR) is 44.3 cm³/mol. The Kier molecular flexibility index (Phi) is 1.82. The number of aliphatic imine (C=N–C) groups is 1. The van der Waals surface area contributed by atoms with Gasteiger partial charge in [-0.2, -0.15) is 0 Å². The maximum absolute atomic E-state index is 4.16. The minimum atomic E-state index is 0.506. The first kappa shape index (κ1) is 6.49. The Bertz CT molecular complexity index is 142. The van der Waals surface area contributed by atoms with Crippen molar-refractivity contribution in [3.63, 3.8) is 0 Å². The number of rotatable bonds is 1. The Labute approximate surface area is 64.9 Å². The van der Waals surface area contributed by atoms with Gasteiger partial charge in [0.15, 0.2) is 0 Å². The zero-order valence-corrected chi connectivity index (χ0v) is 6.60. The lowest BCUT2D eigenvalue weighted by atomic mass is 10.6. The molecule has 0 amide bonds. The molecule has 1 saturated heterocycles. The molecule has 1 atom stereocenters. The molecular weight excluding hydrogens is 146 g/mol. The van der Waals surface area contributed by atoms with Crippen LogP contribution >= 0.6 is 11.8 Å². The molecule has 1 unspecified atom stereocenters. The Morgan fingerprint density at radius 3 is 3.30 bits per heavy atom. The van der Waals surface area contributed by atoms with Crippen LogP contribution in [0.3, 0.4) is 0 Å². The molecule has 2 aliphatic rings. The third-order valence-corrected chi connectivity index (χ3v) is 2.91. The molecule has 0 saturated carbocycles. The van der Waals surface area contributed by atoms with E-state index < -0.39 is 0 Å². The average molecular weight is 157 g/mol. The SMILES string of the molecule is C1=NCCN1C1NCCS1. The van der Waals surface area contributed by atoms with Crippen molar-refractivity contribution in [2.45, 2.75) is 5.50 Å². The molecule has 0 bridgehead atoms. The third-order valence-electron chi connectivity index (χ3n) is 1.72. The number of nitrogens with one attached hydrogen (secondary N) is 1. The summed E-state index contributed by atoms with van der Waals surface area (Å²) in [6.45, 7) is 3.20. The van der Waals surface area contributed by atoms with Crippen LogP contribution in [0.1, 0.15) is 0 Å². The minimum absolute atomic E-state index is 0.506. The van der Waals surface area contributed by atoms with Crippen LogP contribution in [0.5, 0.6) is 0 Å². The largest absolute Gasteiger partial charge is 0.337 e. The lowest BCUT2D eigenvalue weighted by Gasteiger charge is -2.20. The molecule has 0 aromatic heterocycles. The first-order chi connectivity index (χ1) is 4.97. The van der Waals surface area contributed by atoms with Gasteiger partial charge in [-0.25, -0.2) is 0 Å². The van der Waals surface area contributed by atoms with Crippen molar-refractivity contribution >= 4 is 18.1 Å². The van der Waals surface area contributed by atoms with Gasteiger partial charge in [-0.1, -0.05) is 0 Å². The highest BCUT2D eigenvalue weighted by atomic mass is 32.2. The molecular formula is C6H11N3S. The van der Waals surface area contributed by atoms with Gasteiger partial charge in [0.25, 0.3) is 0 Å². The molecule has 3 nitrogen and oxygen atoms in total. The number of thioether (sulfide) groups is 1. The summed E-state index contributed by atoms with van der Waals surface area (Å²) in [5.74, 6) is 1.23. The van der Waals surface area contributed by atoms with E-state index in [9.17, 15) is 0 Å². The second-order valence-electron chi connectivity index (χ2n) is 2.44. The lowest BCUT2D eigenvalue weighted by Crippen LogP contribution is -2.37. The topological polar surface area (TPSA) is 27.6 Å². The Hall–Kier alpha value is -0.220. The summed E-state index contributed by atoms with van der Waals surface area (Å²) < 4.78 is 0.